The Labute approximate surface area is 95.7 Å². The maximum Gasteiger partial charge on any atom is 0.307 e. The van der Waals surface area contributed by atoms with E-state index in [4.69, 9.17) is 5.11 Å². The van der Waals surface area contributed by atoms with Crippen LogP contribution in [-0.4, -0.2) is 45.7 Å². The Morgan fingerprint density at radius 2 is 2.38 bits per heavy atom. The quantitative estimate of drug-likeness (QED) is 0.771. The van der Waals surface area contributed by atoms with Crippen LogP contribution < -0.4 is 0 Å². The summed E-state index contributed by atoms with van der Waals surface area (Å²) < 4.78 is 1.98. The Bertz CT molecular complexity index is 349. The molecule has 0 saturated heterocycles. The molecule has 0 aromatic carbocycles. The number of likely N-dealkylation sites (N-methyl/N-ethyl adjacent to an activating group) is 1. The average molecular weight is 225 g/mol. The van der Waals surface area contributed by atoms with E-state index >= 15 is 0 Å². The second-order valence-corrected chi connectivity index (χ2v) is 4.21. The van der Waals surface area contributed by atoms with Gasteiger partial charge in [0.2, 0.25) is 0 Å². The predicted octanol–water partition coefficient (Wildman–Crippen LogP) is 0.615. The van der Waals surface area contributed by atoms with Gasteiger partial charge < -0.3 is 14.6 Å². The van der Waals surface area contributed by atoms with Crippen LogP contribution in [0, 0.1) is 5.92 Å². The Morgan fingerprint density at radius 3 is 2.88 bits per heavy atom. The molecule has 1 atom stereocenters. The second-order valence-electron chi connectivity index (χ2n) is 4.21. The van der Waals surface area contributed by atoms with E-state index < -0.39 is 5.97 Å². The summed E-state index contributed by atoms with van der Waals surface area (Å²) >= 11 is 0. The molecule has 0 saturated carbocycles. The van der Waals surface area contributed by atoms with Gasteiger partial charge in [0, 0.05) is 39.0 Å². The van der Waals surface area contributed by atoms with E-state index in [1.54, 1.807) is 13.1 Å². The monoisotopic (exact) mass is 225 g/mol. The fourth-order valence-corrected chi connectivity index (χ4v) is 1.57. The molecule has 90 valence electrons. The fourth-order valence-electron chi connectivity index (χ4n) is 1.57. The normalized spacial score (nSPS) is 13.0. The van der Waals surface area contributed by atoms with E-state index in [1.807, 2.05) is 29.8 Å². The van der Waals surface area contributed by atoms with E-state index in [0.29, 0.717) is 6.54 Å². The Balaban J connectivity index is 2.33. The highest BCUT2D eigenvalue weighted by Gasteiger charge is 2.13. The number of carbonyl (C=O) groups is 1. The van der Waals surface area contributed by atoms with Crippen LogP contribution in [0.3, 0.4) is 0 Å². The number of carboxylic acid groups (broad SMARTS) is 1. The van der Waals surface area contributed by atoms with Crippen molar-refractivity contribution >= 4 is 5.97 Å². The van der Waals surface area contributed by atoms with Gasteiger partial charge in [0.1, 0.15) is 5.82 Å². The molecule has 0 spiro atoms. The van der Waals surface area contributed by atoms with Crippen molar-refractivity contribution in [2.24, 2.45) is 13.0 Å². The van der Waals surface area contributed by atoms with Crippen molar-refractivity contribution in [2.75, 3.05) is 20.1 Å². The van der Waals surface area contributed by atoms with E-state index in [9.17, 15) is 4.79 Å². The van der Waals surface area contributed by atoms with Crippen molar-refractivity contribution in [1.82, 2.24) is 14.5 Å². The van der Waals surface area contributed by atoms with Gasteiger partial charge in [-0.3, -0.25) is 4.79 Å². The first-order chi connectivity index (χ1) is 7.50. The van der Waals surface area contributed by atoms with Gasteiger partial charge in [-0.15, -0.1) is 0 Å². The first-order valence-electron chi connectivity index (χ1n) is 5.38. The summed E-state index contributed by atoms with van der Waals surface area (Å²) in [6.45, 7) is 3.11. The van der Waals surface area contributed by atoms with Gasteiger partial charge >= 0.3 is 5.97 Å². The van der Waals surface area contributed by atoms with E-state index in [0.717, 1.165) is 18.8 Å². The van der Waals surface area contributed by atoms with Crippen molar-refractivity contribution < 1.29 is 9.90 Å². The van der Waals surface area contributed by atoms with Crippen LogP contribution in [0.2, 0.25) is 0 Å². The number of hydrogen-bond acceptors (Lipinski definition) is 3. The molecular weight excluding hydrogens is 206 g/mol. The maximum absolute atomic E-state index is 10.7. The van der Waals surface area contributed by atoms with Crippen molar-refractivity contribution in [3.05, 3.63) is 18.2 Å². The van der Waals surface area contributed by atoms with Crippen LogP contribution in [-0.2, 0) is 18.3 Å². The molecule has 16 heavy (non-hydrogen) atoms. The number of rotatable bonds is 6. The number of aliphatic carboxylic acids is 1. The van der Waals surface area contributed by atoms with E-state index in [-0.39, 0.29) is 5.92 Å². The first kappa shape index (κ1) is 12.7. The van der Waals surface area contributed by atoms with Crippen LogP contribution in [0.4, 0.5) is 0 Å². The minimum Gasteiger partial charge on any atom is -0.481 e. The number of nitrogens with zero attached hydrogens (tertiary/aromatic N) is 3. The minimum absolute atomic E-state index is 0.327. The summed E-state index contributed by atoms with van der Waals surface area (Å²) in [6, 6.07) is 0. The highest BCUT2D eigenvalue weighted by molar-refractivity contribution is 5.69. The lowest BCUT2D eigenvalue weighted by molar-refractivity contribution is -0.141. The lowest BCUT2D eigenvalue weighted by Crippen LogP contribution is -2.30. The van der Waals surface area contributed by atoms with E-state index in [2.05, 4.69) is 4.98 Å². The Hall–Kier alpha value is -1.36. The van der Waals surface area contributed by atoms with Crippen molar-refractivity contribution in [1.29, 1.82) is 0 Å². The summed E-state index contributed by atoms with van der Waals surface area (Å²) in [5.41, 5.74) is 0. The fraction of sp³-hybridized carbons (Fsp3) is 0.636. The summed E-state index contributed by atoms with van der Waals surface area (Å²) in [5.74, 6) is -0.0509. The third-order valence-corrected chi connectivity index (χ3v) is 2.65. The van der Waals surface area contributed by atoms with E-state index in [1.165, 1.54) is 0 Å². The largest absolute Gasteiger partial charge is 0.481 e. The molecule has 0 radical (unpaired) electrons. The third kappa shape index (κ3) is 3.66. The molecule has 0 bridgehead atoms. The SMILES string of the molecule is CC(CN(C)CCc1nccn1C)C(=O)O. The van der Waals surface area contributed by atoms with Gasteiger partial charge in [-0.25, -0.2) is 4.98 Å². The number of aryl methyl sites for hydroxylation is 1. The van der Waals surface area contributed by atoms with Crippen molar-refractivity contribution in [3.8, 4) is 0 Å². The van der Waals surface area contributed by atoms with Crippen molar-refractivity contribution in [3.63, 3.8) is 0 Å². The van der Waals surface area contributed by atoms with Crippen LogP contribution >= 0.6 is 0 Å². The maximum atomic E-state index is 10.7. The second kappa shape index (κ2) is 5.65. The zero-order valence-electron chi connectivity index (χ0n) is 10.1. The first-order valence-corrected chi connectivity index (χ1v) is 5.38. The van der Waals surface area contributed by atoms with Crippen LogP contribution in [0.1, 0.15) is 12.7 Å². The molecule has 0 aliphatic heterocycles. The number of hydrogen-bond donors (Lipinski definition) is 1. The molecule has 1 rings (SSSR count). The Morgan fingerprint density at radius 1 is 1.69 bits per heavy atom. The smallest absolute Gasteiger partial charge is 0.307 e. The molecule has 0 amide bonds. The Kier molecular flexibility index (Phi) is 4.49. The molecule has 1 heterocycles. The molecule has 0 aliphatic carbocycles. The van der Waals surface area contributed by atoms with Crippen LogP contribution in [0.15, 0.2) is 12.4 Å². The zero-order chi connectivity index (χ0) is 12.1. The van der Waals surface area contributed by atoms with Gasteiger partial charge in [0.15, 0.2) is 0 Å². The lowest BCUT2D eigenvalue weighted by atomic mass is 10.2. The van der Waals surface area contributed by atoms with Gasteiger partial charge in [0.25, 0.3) is 0 Å². The molecule has 1 aromatic rings. The number of aromatic nitrogens is 2. The zero-order valence-corrected chi connectivity index (χ0v) is 10.1. The molecule has 0 aliphatic rings. The molecule has 5 heteroatoms. The summed E-state index contributed by atoms with van der Waals surface area (Å²) in [7, 11) is 3.89. The molecule has 1 unspecified atom stereocenters. The topological polar surface area (TPSA) is 58.4 Å². The standard InChI is InChI=1S/C11H19N3O2/c1-9(11(15)16)8-13(2)6-4-10-12-5-7-14(10)3/h5,7,9H,4,6,8H2,1-3H3,(H,15,16). The number of carboxylic acids is 1. The molecule has 5 nitrogen and oxygen atoms in total. The third-order valence-electron chi connectivity index (χ3n) is 2.65. The van der Waals surface area contributed by atoms with Gasteiger partial charge in [-0.2, -0.15) is 0 Å². The molecule has 0 fully saturated rings. The number of imidazole rings is 1. The van der Waals surface area contributed by atoms with Crippen LogP contribution in [0.25, 0.3) is 0 Å². The predicted molar refractivity (Wildman–Crippen MR) is 61.2 cm³/mol. The summed E-state index contributed by atoms with van der Waals surface area (Å²) in [6.07, 6.45) is 4.52. The summed E-state index contributed by atoms with van der Waals surface area (Å²) in [4.78, 5) is 16.9. The molecular formula is C11H19N3O2. The highest BCUT2D eigenvalue weighted by Crippen LogP contribution is 2.01. The lowest BCUT2D eigenvalue weighted by Gasteiger charge is -2.18. The van der Waals surface area contributed by atoms with Gasteiger partial charge in [-0.05, 0) is 7.05 Å². The highest BCUT2D eigenvalue weighted by atomic mass is 16.4. The average Bonchev–Trinajstić information content (AvgIpc) is 2.61. The van der Waals surface area contributed by atoms with Gasteiger partial charge in [-0.1, -0.05) is 6.92 Å². The van der Waals surface area contributed by atoms with Crippen molar-refractivity contribution in [2.45, 2.75) is 13.3 Å². The summed E-state index contributed by atoms with van der Waals surface area (Å²) in [5, 5.41) is 8.78. The molecule has 1 aromatic heterocycles. The molecule has 1 N–H and O–H groups in total. The minimum atomic E-state index is -0.746. The van der Waals surface area contributed by atoms with Crippen LogP contribution in [0.5, 0.6) is 0 Å². The van der Waals surface area contributed by atoms with Gasteiger partial charge in [0.05, 0.1) is 5.92 Å².